The van der Waals surface area contributed by atoms with Crippen molar-refractivity contribution in [2.24, 2.45) is 0 Å². The molecule has 0 saturated carbocycles. The number of nitrogens with zero attached hydrogens (tertiary/aromatic N) is 3. The van der Waals surface area contributed by atoms with Crippen LogP contribution >= 0.6 is 0 Å². The molecule has 0 unspecified atom stereocenters. The predicted octanol–water partition coefficient (Wildman–Crippen LogP) is 5.40. The number of pyridine rings is 1. The van der Waals surface area contributed by atoms with Gasteiger partial charge in [0.2, 0.25) is 0 Å². The van der Waals surface area contributed by atoms with Gasteiger partial charge in [-0.1, -0.05) is 37.3 Å². The van der Waals surface area contributed by atoms with Crippen molar-refractivity contribution >= 4 is 22.5 Å². The van der Waals surface area contributed by atoms with Crippen LogP contribution in [0.25, 0.3) is 11.2 Å². The van der Waals surface area contributed by atoms with Crippen LogP contribution in [0.3, 0.4) is 0 Å². The number of nitrogens with one attached hydrogen (secondary N) is 1. The summed E-state index contributed by atoms with van der Waals surface area (Å²) in [6.07, 6.45) is 0.886. The maximum atomic E-state index is 4.84. The summed E-state index contributed by atoms with van der Waals surface area (Å²) < 4.78 is 2.25. The summed E-state index contributed by atoms with van der Waals surface area (Å²) in [4.78, 5) is 9.62. The maximum absolute atomic E-state index is 4.84. The van der Waals surface area contributed by atoms with Crippen molar-refractivity contribution in [3.05, 3.63) is 83.3 Å². The molecule has 2 aromatic carbocycles. The summed E-state index contributed by atoms with van der Waals surface area (Å²) in [5, 5.41) is 3.47. The minimum atomic E-state index is 0.764. The Morgan fingerprint density at radius 3 is 2.44 bits per heavy atom. The van der Waals surface area contributed by atoms with Gasteiger partial charge in [-0.2, -0.15) is 0 Å². The second-order valence-electron chi connectivity index (χ2n) is 6.91. The average Bonchev–Trinajstić information content (AvgIpc) is 3.01. The summed E-state index contributed by atoms with van der Waals surface area (Å²) in [5.41, 5.74) is 7.60. The Morgan fingerprint density at radius 2 is 1.67 bits per heavy atom. The van der Waals surface area contributed by atoms with Gasteiger partial charge in [0.05, 0.1) is 6.54 Å². The molecule has 0 aliphatic rings. The summed E-state index contributed by atoms with van der Waals surface area (Å²) in [6, 6.07) is 20.9. The van der Waals surface area contributed by atoms with Crippen molar-refractivity contribution in [2.45, 2.75) is 33.7 Å². The average molecular weight is 356 g/mol. The number of hydrogen-bond acceptors (Lipinski definition) is 3. The van der Waals surface area contributed by atoms with Gasteiger partial charge >= 0.3 is 0 Å². The molecule has 2 aromatic heterocycles. The maximum Gasteiger partial charge on any atom is 0.160 e. The van der Waals surface area contributed by atoms with E-state index in [1.807, 2.05) is 25.1 Å². The van der Waals surface area contributed by atoms with E-state index in [1.165, 1.54) is 11.1 Å². The van der Waals surface area contributed by atoms with Gasteiger partial charge in [-0.15, -0.1) is 0 Å². The van der Waals surface area contributed by atoms with Gasteiger partial charge in [0.25, 0.3) is 0 Å². The quantitative estimate of drug-likeness (QED) is 0.520. The molecule has 0 aliphatic heterocycles. The standard InChI is InChI=1S/C23H24N4/c1-4-21-26-22-16(2)13-17(3)24-23(22)27(21)15-18-9-8-12-20(14-18)25-19-10-6-5-7-11-19/h5-14,25H,4,15H2,1-3H3. The Bertz CT molecular complexity index is 1080. The monoisotopic (exact) mass is 356 g/mol. The zero-order valence-electron chi connectivity index (χ0n) is 16.0. The highest BCUT2D eigenvalue weighted by atomic mass is 15.1. The third kappa shape index (κ3) is 3.56. The molecule has 0 aliphatic carbocycles. The number of imidazole rings is 1. The molecule has 2 heterocycles. The van der Waals surface area contributed by atoms with Crippen molar-refractivity contribution in [1.82, 2.24) is 14.5 Å². The molecule has 4 aromatic rings. The lowest BCUT2D eigenvalue weighted by Gasteiger charge is -2.11. The molecule has 27 heavy (non-hydrogen) atoms. The van der Waals surface area contributed by atoms with E-state index in [0.29, 0.717) is 0 Å². The number of para-hydroxylation sites is 1. The number of fused-ring (bicyclic) bond motifs is 1. The fraction of sp³-hybridized carbons (Fsp3) is 0.217. The SMILES string of the molecule is CCc1nc2c(C)cc(C)nc2n1Cc1cccc(Nc2ccccc2)c1. The molecular weight excluding hydrogens is 332 g/mol. The molecule has 0 spiro atoms. The Hall–Kier alpha value is -3.14. The molecular formula is C23H24N4. The van der Waals surface area contributed by atoms with Crippen molar-refractivity contribution in [3.8, 4) is 0 Å². The number of hydrogen-bond donors (Lipinski definition) is 1. The molecule has 0 fully saturated rings. The molecule has 0 radical (unpaired) electrons. The van der Waals surface area contributed by atoms with Crippen LogP contribution < -0.4 is 5.32 Å². The first-order valence-corrected chi connectivity index (χ1v) is 9.38. The Morgan fingerprint density at radius 1 is 0.889 bits per heavy atom. The molecule has 0 bridgehead atoms. The molecule has 136 valence electrons. The van der Waals surface area contributed by atoms with Gasteiger partial charge in [0, 0.05) is 23.5 Å². The highest BCUT2D eigenvalue weighted by Gasteiger charge is 2.13. The van der Waals surface area contributed by atoms with Crippen LogP contribution in [-0.4, -0.2) is 14.5 Å². The summed E-state index contributed by atoms with van der Waals surface area (Å²) in [7, 11) is 0. The van der Waals surface area contributed by atoms with Gasteiger partial charge in [-0.05, 0) is 55.3 Å². The number of aryl methyl sites for hydroxylation is 3. The third-order valence-electron chi connectivity index (χ3n) is 4.75. The van der Waals surface area contributed by atoms with Crippen molar-refractivity contribution in [1.29, 1.82) is 0 Å². The smallest absolute Gasteiger partial charge is 0.160 e. The highest BCUT2D eigenvalue weighted by Crippen LogP contribution is 2.23. The van der Waals surface area contributed by atoms with Gasteiger partial charge < -0.3 is 9.88 Å². The van der Waals surface area contributed by atoms with Gasteiger partial charge in [-0.25, -0.2) is 9.97 Å². The number of anilines is 2. The van der Waals surface area contributed by atoms with E-state index in [0.717, 1.165) is 47.0 Å². The van der Waals surface area contributed by atoms with E-state index in [2.05, 4.69) is 66.2 Å². The number of aromatic nitrogens is 3. The van der Waals surface area contributed by atoms with Crippen LogP contribution in [0.1, 0.15) is 29.6 Å². The summed E-state index contributed by atoms with van der Waals surface area (Å²) in [5.74, 6) is 1.08. The highest BCUT2D eigenvalue weighted by molar-refractivity contribution is 5.76. The zero-order valence-corrected chi connectivity index (χ0v) is 16.0. The van der Waals surface area contributed by atoms with Crippen LogP contribution in [0.5, 0.6) is 0 Å². The second kappa shape index (κ2) is 7.23. The molecule has 0 atom stereocenters. The number of rotatable bonds is 5. The lowest BCUT2D eigenvalue weighted by molar-refractivity contribution is 0.745. The van der Waals surface area contributed by atoms with Crippen LogP contribution in [0, 0.1) is 13.8 Å². The Kier molecular flexibility index (Phi) is 4.63. The lowest BCUT2D eigenvalue weighted by Crippen LogP contribution is -2.06. The zero-order chi connectivity index (χ0) is 18.8. The molecule has 1 N–H and O–H groups in total. The Labute approximate surface area is 159 Å². The van der Waals surface area contributed by atoms with Crippen molar-refractivity contribution < 1.29 is 0 Å². The number of benzene rings is 2. The van der Waals surface area contributed by atoms with E-state index >= 15 is 0 Å². The van der Waals surface area contributed by atoms with Crippen LogP contribution in [0.2, 0.25) is 0 Å². The van der Waals surface area contributed by atoms with Crippen LogP contribution in [0.15, 0.2) is 60.7 Å². The molecule has 4 heteroatoms. The van der Waals surface area contributed by atoms with E-state index in [4.69, 9.17) is 9.97 Å². The second-order valence-corrected chi connectivity index (χ2v) is 6.91. The van der Waals surface area contributed by atoms with Gasteiger partial charge in [0.15, 0.2) is 5.65 Å². The van der Waals surface area contributed by atoms with Gasteiger partial charge in [0.1, 0.15) is 11.3 Å². The van der Waals surface area contributed by atoms with E-state index in [-0.39, 0.29) is 0 Å². The minimum Gasteiger partial charge on any atom is -0.356 e. The van der Waals surface area contributed by atoms with E-state index in [9.17, 15) is 0 Å². The predicted molar refractivity (Wildman–Crippen MR) is 112 cm³/mol. The first kappa shape index (κ1) is 17.3. The van der Waals surface area contributed by atoms with Crippen molar-refractivity contribution in [2.75, 3.05) is 5.32 Å². The fourth-order valence-corrected chi connectivity index (χ4v) is 3.50. The molecule has 0 amide bonds. The fourth-order valence-electron chi connectivity index (χ4n) is 3.50. The Balaban J connectivity index is 1.69. The summed E-state index contributed by atoms with van der Waals surface area (Å²) in [6.45, 7) is 7.06. The normalized spacial score (nSPS) is 11.1. The van der Waals surface area contributed by atoms with Crippen LogP contribution in [-0.2, 0) is 13.0 Å². The summed E-state index contributed by atoms with van der Waals surface area (Å²) >= 11 is 0. The molecule has 4 nitrogen and oxygen atoms in total. The molecule has 4 rings (SSSR count). The minimum absolute atomic E-state index is 0.764. The van der Waals surface area contributed by atoms with E-state index in [1.54, 1.807) is 0 Å². The first-order valence-electron chi connectivity index (χ1n) is 9.38. The van der Waals surface area contributed by atoms with E-state index < -0.39 is 0 Å². The third-order valence-corrected chi connectivity index (χ3v) is 4.75. The van der Waals surface area contributed by atoms with Crippen LogP contribution in [0.4, 0.5) is 11.4 Å². The largest absolute Gasteiger partial charge is 0.356 e. The lowest BCUT2D eigenvalue weighted by atomic mass is 10.2. The molecule has 0 saturated heterocycles. The topological polar surface area (TPSA) is 42.7 Å². The van der Waals surface area contributed by atoms with Crippen molar-refractivity contribution in [3.63, 3.8) is 0 Å². The first-order chi connectivity index (χ1) is 13.1. The van der Waals surface area contributed by atoms with Gasteiger partial charge in [-0.3, -0.25) is 0 Å².